The Hall–Kier alpha value is -1.12. The van der Waals surface area contributed by atoms with Crippen LogP contribution in [-0.2, 0) is 11.0 Å². The summed E-state index contributed by atoms with van der Waals surface area (Å²) in [6.07, 6.45) is 1.92. The van der Waals surface area contributed by atoms with Gasteiger partial charge in [0.1, 0.15) is 0 Å². The van der Waals surface area contributed by atoms with Crippen molar-refractivity contribution < 1.29 is 0 Å². The maximum absolute atomic E-state index is 4.46. The summed E-state index contributed by atoms with van der Waals surface area (Å²) in [6, 6.07) is 2.14. The molecule has 96 valence electrons. The van der Waals surface area contributed by atoms with Gasteiger partial charge < -0.3 is 0 Å². The SMILES string of the molecule is Cc1nccc2c(C(C)(C)C)bn(C(C)(C)C)c12. The zero-order valence-corrected chi connectivity index (χ0v) is 12.6. The van der Waals surface area contributed by atoms with Crippen LogP contribution in [0.5, 0.6) is 0 Å². The van der Waals surface area contributed by atoms with Gasteiger partial charge in [-0.25, -0.2) is 0 Å². The summed E-state index contributed by atoms with van der Waals surface area (Å²) in [5.41, 5.74) is 4.02. The molecule has 0 aliphatic carbocycles. The van der Waals surface area contributed by atoms with E-state index in [-0.39, 0.29) is 11.0 Å². The maximum atomic E-state index is 4.46. The minimum absolute atomic E-state index is 0.0789. The second-order valence-corrected chi connectivity index (χ2v) is 7.13. The first-order chi connectivity index (χ1) is 8.12. The van der Waals surface area contributed by atoms with Gasteiger partial charge in [0.05, 0.1) is 0 Å². The molecule has 2 rings (SSSR count). The number of fused-ring (bicyclic) bond motifs is 1. The van der Waals surface area contributed by atoms with E-state index in [1.54, 1.807) is 0 Å². The zero-order chi connectivity index (χ0) is 13.7. The summed E-state index contributed by atoms with van der Waals surface area (Å²) in [7, 11) is 2.30. The molecular weight excluding hydrogens is 219 g/mol. The summed E-state index contributed by atoms with van der Waals surface area (Å²) >= 11 is 0. The van der Waals surface area contributed by atoms with E-state index in [0.29, 0.717) is 0 Å². The molecule has 3 heteroatoms. The molecule has 0 spiro atoms. The predicted molar refractivity (Wildman–Crippen MR) is 79.5 cm³/mol. The van der Waals surface area contributed by atoms with E-state index in [1.807, 2.05) is 6.20 Å². The molecule has 0 aliphatic rings. The number of aromatic nitrogens is 2. The Morgan fingerprint density at radius 1 is 1.11 bits per heavy atom. The minimum atomic E-state index is 0.0789. The molecule has 0 bridgehead atoms. The third-order valence-corrected chi connectivity index (χ3v) is 3.43. The van der Waals surface area contributed by atoms with Crippen molar-refractivity contribution in [3.8, 4) is 0 Å². The van der Waals surface area contributed by atoms with Gasteiger partial charge in [0, 0.05) is 0 Å². The normalized spacial score (nSPS) is 13.1. The second kappa shape index (κ2) is 3.94. The Balaban J connectivity index is 2.89. The van der Waals surface area contributed by atoms with Crippen molar-refractivity contribution in [3.63, 3.8) is 0 Å². The van der Waals surface area contributed by atoms with Gasteiger partial charge in [-0.2, -0.15) is 0 Å². The van der Waals surface area contributed by atoms with Crippen LogP contribution in [0.1, 0.15) is 52.7 Å². The molecule has 2 aromatic heterocycles. The van der Waals surface area contributed by atoms with Gasteiger partial charge >= 0.3 is 110 Å². The molecule has 18 heavy (non-hydrogen) atoms. The molecule has 0 saturated carbocycles. The van der Waals surface area contributed by atoms with Crippen LogP contribution in [0.15, 0.2) is 12.3 Å². The van der Waals surface area contributed by atoms with Crippen molar-refractivity contribution in [1.82, 2.24) is 9.46 Å². The Morgan fingerprint density at radius 2 is 1.72 bits per heavy atom. The molecule has 2 heterocycles. The Labute approximate surface area is 111 Å². The monoisotopic (exact) mass is 242 g/mol. The summed E-state index contributed by atoms with van der Waals surface area (Å²) in [6.45, 7) is 15.6. The van der Waals surface area contributed by atoms with Crippen molar-refractivity contribution in [3.05, 3.63) is 23.4 Å². The standard InChI is InChI=1S/C15H23BN2/c1-10-12-11(8-9-17-10)13(14(2,3)4)16-18(12)15(5,6)7/h8-9H,1-7H3. The third kappa shape index (κ3) is 2.11. The van der Waals surface area contributed by atoms with Crippen molar-refractivity contribution in [2.24, 2.45) is 0 Å². The van der Waals surface area contributed by atoms with Crippen molar-refractivity contribution in [2.45, 2.75) is 59.4 Å². The molecule has 0 aliphatic heterocycles. The fraction of sp³-hybridized carbons (Fsp3) is 0.600. The number of hydrogen-bond acceptors (Lipinski definition) is 1. The third-order valence-electron chi connectivity index (χ3n) is 3.43. The van der Waals surface area contributed by atoms with E-state index in [2.05, 4.69) is 71.0 Å². The van der Waals surface area contributed by atoms with Gasteiger partial charge in [-0.1, -0.05) is 0 Å². The first-order valence-corrected chi connectivity index (χ1v) is 6.60. The number of aryl methyl sites for hydroxylation is 1. The van der Waals surface area contributed by atoms with Crippen molar-refractivity contribution in [1.29, 1.82) is 0 Å². The molecule has 0 radical (unpaired) electrons. The molecule has 0 fully saturated rings. The molecule has 0 atom stereocenters. The Morgan fingerprint density at radius 3 is 2.22 bits per heavy atom. The molecule has 0 unspecified atom stereocenters. The van der Waals surface area contributed by atoms with Gasteiger partial charge in [-0.15, -0.1) is 0 Å². The number of rotatable bonds is 0. The Kier molecular flexibility index (Phi) is 2.92. The predicted octanol–water partition coefficient (Wildman–Crippen LogP) is 3.74. The second-order valence-electron chi connectivity index (χ2n) is 7.13. The molecule has 2 nitrogen and oxygen atoms in total. The molecular formula is C15H23BN2. The van der Waals surface area contributed by atoms with Gasteiger partial charge in [-0.3, -0.25) is 0 Å². The average molecular weight is 242 g/mol. The summed E-state index contributed by atoms with van der Waals surface area (Å²) in [5, 5.41) is 1.34. The van der Waals surface area contributed by atoms with Crippen LogP contribution in [0, 0.1) is 6.92 Å². The molecule has 0 aromatic carbocycles. The van der Waals surface area contributed by atoms with Crippen LogP contribution in [0.4, 0.5) is 0 Å². The van der Waals surface area contributed by atoms with E-state index in [0.717, 1.165) is 5.69 Å². The zero-order valence-electron chi connectivity index (χ0n) is 12.6. The number of nitrogens with zero attached hydrogens (tertiary/aromatic N) is 2. The fourth-order valence-corrected chi connectivity index (χ4v) is 2.47. The van der Waals surface area contributed by atoms with Crippen LogP contribution in [0.2, 0.25) is 0 Å². The molecule has 2 aromatic rings. The van der Waals surface area contributed by atoms with Gasteiger partial charge in [-0.05, 0) is 0 Å². The van der Waals surface area contributed by atoms with Crippen LogP contribution < -0.4 is 0 Å². The number of hydrogen-bond donors (Lipinski definition) is 0. The van der Waals surface area contributed by atoms with Crippen molar-refractivity contribution >= 4 is 18.0 Å². The van der Waals surface area contributed by atoms with Gasteiger partial charge in [0.15, 0.2) is 0 Å². The van der Waals surface area contributed by atoms with E-state index >= 15 is 0 Å². The van der Waals surface area contributed by atoms with E-state index in [9.17, 15) is 0 Å². The average Bonchev–Trinajstić information content (AvgIpc) is 2.56. The first-order valence-electron chi connectivity index (χ1n) is 6.60. The number of pyridine rings is 1. The summed E-state index contributed by atoms with van der Waals surface area (Å²) in [4.78, 5) is 4.46. The van der Waals surface area contributed by atoms with Crippen LogP contribution >= 0.6 is 0 Å². The molecule has 0 saturated heterocycles. The van der Waals surface area contributed by atoms with Crippen molar-refractivity contribution in [2.75, 3.05) is 0 Å². The van der Waals surface area contributed by atoms with Crippen LogP contribution in [-0.4, -0.2) is 16.5 Å². The summed E-state index contributed by atoms with van der Waals surface area (Å²) < 4.78 is 2.37. The van der Waals surface area contributed by atoms with E-state index in [1.165, 1.54) is 16.4 Å². The Bertz CT molecular complexity index is 583. The quantitative estimate of drug-likeness (QED) is 0.688. The van der Waals surface area contributed by atoms with Gasteiger partial charge in [0.25, 0.3) is 0 Å². The topological polar surface area (TPSA) is 17.8 Å². The summed E-state index contributed by atoms with van der Waals surface area (Å²) in [5.74, 6) is 0. The molecule has 0 N–H and O–H groups in total. The van der Waals surface area contributed by atoms with Gasteiger partial charge in [0.2, 0.25) is 0 Å². The van der Waals surface area contributed by atoms with Crippen LogP contribution in [0.3, 0.4) is 0 Å². The fourth-order valence-electron chi connectivity index (χ4n) is 2.47. The molecule has 0 amide bonds. The van der Waals surface area contributed by atoms with E-state index in [4.69, 9.17) is 0 Å². The van der Waals surface area contributed by atoms with Crippen LogP contribution in [0.25, 0.3) is 10.9 Å². The first kappa shape index (κ1) is 13.3. The van der Waals surface area contributed by atoms with E-state index < -0.39 is 0 Å².